The molecule has 10 heteroatoms. The summed E-state index contributed by atoms with van der Waals surface area (Å²) in [6, 6.07) is 0. The molecular weight excluding hydrogens is 917 g/mol. The molecule has 4 aliphatic carbocycles. The van der Waals surface area contributed by atoms with E-state index in [2.05, 4.69) is 27.7 Å². The maximum Gasteiger partial charge on any atom is 0.308 e. The molecule has 422 valence electrons. The summed E-state index contributed by atoms with van der Waals surface area (Å²) in [5.41, 5.74) is 0.461. The van der Waals surface area contributed by atoms with Crippen molar-refractivity contribution in [3.63, 3.8) is 0 Å². The minimum absolute atomic E-state index is 0.0321. The van der Waals surface area contributed by atoms with Crippen LogP contribution in [0.5, 0.6) is 0 Å². The van der Waals surface area contributed by atoms with Crippen LogP contribution in [0.2, 0.25) is 0 Å². The molecule has 0 N–H and O–H groups in total. The van der Waals surface area contributed by atoms with Crippen LogP contribution < -0.4 is 0 Å². The van der Waals surface area contributed by atoms with Gasteiger partial charge in [0.15, 0.2) is 12.9 Å². The zero-order chi connectivity index (χ0) is 52.7. The van der Waals surface area contributed by atoms with E-state index in [1.165, 1.54) is 161 Å². The largest absolute Gasteiger partial charge is 0.462 e. The lowest BCUT2D eigenvalue weighted by atomic mass is 9.44. The molecule has 10 nitrogen and oxygen atoms in total. The van der Waals surface area contributed by atoms with Crippen LogP contribution >= 0.6 is 0 Å². The summed E-state index contributed by atoms with van der Waals surface area (Å²) in [5, 5.41) is 0. The maximum absolute atomic E-state index is 13.2. The highest BCUT2D eigenvalue weighted by molar-refractivity contribution is 5.79. The van der Waals surface area contributed by atoms with Crippen LogP contribution in [-0.2, 0) is 47.7 Å². The molecule has 4 fully saturated rings. The number of ketones is 1. The van der Waals surface area contributed by atoms with E-state index >= 15 is 0 Å². The van der Waals surface area contributed by atoms with Gasteiger partial charge in [-0.3, -0.25) is 24.0 Å². The summed E-state index contributed by atoms with van der Waals surface area (Å²) in [6.45, 7) is 12.6. The molecule has 0 spiro atoms. The number of carbonyl (C=O) groups excluding carboxylic acids is 5. The predicted molar refractivity (Wildman–Crippen MR) is 293 cm³/mol. The molecule has 0 bridgehead atoms. The van der Waals surface area contributed by atoms with E-state index in [0.29, 0.717) is 41.8 Å². The molecule has 4 saturated carbocycles. The van der Waals surface area contributed by atoms with Gasteiger partial charge in [-0.1, -0.05) is 189 Å². The second kappa shape index (κ2) is 35.8. The first-order valence-electron chi connectivity index (χ1n) is 31.1. The Morgan fingerprint density at radius 2 is 0.945 bits per heavy atom. The smallest absolute Gasteiger partial charge is 0.308 e. The zero-order valence-electron chi connectivity index (χ0n) is 47.9. The summed E-state index contributed by atoms with van der Waals surface area (Å²) in [5.74, 6) is 1.29. The van der Waals surface area contributed by atoms with Crippen molar-refractivity contribution < 1.29 is 47.7 Å². The minimum atomic E-state index is -0.932. The van der Waals surface area contributed by atoms with Crippen LogP contribution in [0.4, 0.5) is 0 Å². The van der Waals surface area contributed by atoms with E-state index < -0.39 is 18.0 Å². The quantitative estimate of drug-likeness (QED) is 0.0252. The molecule has 0 amide bonds. The molecule has 9 atom stereocenters. The van der Waals surface area contributed by atoms with Gasteiger partial charge in [0.1, 0.15) is 19.0 Å². The lowest BCUT2D eigenvalue weighted by Crippen LogP contribution is -2.54. The van der Waals surface area contributed by atoms with Crippen LogP contribution in [0.25, 0.3) is 0 Å². The highest BCUT2D eigenvalue weighted by Crippen LogP contribution is 2.67. The Labute approximate surface area is 446 Å². The average Bonchev–Trinajstić information content (AvgIpc) is 3.73. The summed E-state index contributed by atoms with van der Waals surface area (Å²) in [7, 11) is 0. The average molecular weight is 1030 g/mol. The van der Waals surface area contributed by atoms with Crippen LogP contribution in [-0.4, -0.2) is 61.9 Å². The van der Waals surface area contributed by atoms with Gasteiger partial charge in [0.2, 0.25) is 0 Å². The van der Waals surface area contributed by atoms with Crippen molar-refractivity contribution in [2.75, 3.05) is 20.0 Å². The van der Waals surface area contributed by atoms with Gasteiger partial charge in [0.05, 0.1) is 6.10 Å². The molecule has 1 unspecified atom stereocenters. The number of esters is 4. The number of ether oxygens (including phenoxy) is 5. The molecule has 0 heterocycles. The van der Waals surface area contributed by atoms with Gasteiger partial charge >= 0.3 is 23.9 Å². The lowest BCUT2D eigenvalue weighted by Gasteiger charge is -2.61. The Morgan fingerprint density at radius 3 is 1.44 bits per heavy atom. The lowest BCUT2D eigenvalue weighted by molar-refractivity contribution is -0.175. The fourth-order valence-corrected chi connectivity index (χ4v) is 14.4. The van der Waals surface area contributed by atoms with E-state index in [-0.39, 0.29) is 68.1 Å². The minimum Gasteiger partial charge on any atom is -0.462 e. The zero-order valence-corrected chi connectivity index (χ0v) is 47.9. The summed E-state index contributed by atoms with van der Waals surface area (Å²) in [4.78, 5) is 64.3. The van der Waals surface area contributed by atoms with Gasteiger partial charge in [0, 0.05) is 31.6 Å². The second-order valence-electron chi connectivity index (χ2n) is 24.6. The van der Waals surface area contributed by atoms with Gasteiger partial charge in [-0.2, -0.15) is 0 Å². The van der Waals surface area contributed by atoms with E-state index in [1.54, 1.807) is 0 Å². The van der Waals surface area contributed by atoms with Crippen molar-refractivity contribution in [2.45, 2.75) is 304 Å². The number of rotatable bonds is 41. The molecule has 0 aromatic heterocycles. The molecule has 4 aliphatic rings. The van der Waals surface area contributed by atoms with Crippen molar-refractivity contribution >= 4 is 29.7 Å². The molecule has 0 radical (unpaired) electrons. The first-order chi connectivity index (χ1) is 35.3. The molecule has 0 aliphatic heterocycles. The third kappa shape index (κ3) is 22.9. The van der Waals surface area contributed by atoms with Crippen LogP contribution in [0.1, 0.15) is 292 Å². The number of hydrogen-bond acceptors (Lipinski definition) is 10. The summed E-state index contributed by atoms with van der Waals surface area (Å²) >= 11 is 0. The van der Waals surface area contributed by atoms with E-state index in [0.717, 1.165) is 70.1 Å². The number of Topliss-reactive ketones (excluding diaryl/α,β-unsaturated/α-hetero) is 1. The number of carbonyl (C=O) groups is 5. The molecule has 0 aromatic rings. The number of fused-ring (bicyclic) bond motifs is 5. The van der Waals surface area contributed by atoms with Gasteiger partial charge in [-0.15, -0.1) is 0 Å². The molecule has 0 saturated heterocycles. The Bertz CT molecular complexity index is 1520. The van der Waals surface area contributed by atoms with E-state index in [4.69, 9.17) is 23.7 Å². The normalized spacial score (nSPS) is 25.8. The van der Waals surface area contributed by atoms with Crippen LogP contribution in [0, 0.1) is 46.3 Å². The highest BCUT2D eigenvalue weighted by atomic mass is 16.7. The van der Waals surface area contributed by atoms with Gasteiger partial charge in [-0.05, 0) is 118 Å². The second-order valence-corrected chi connectivity index (χ2v) is 24.6. The van der Waals surface area contributed by atoms with Crippen LogP contribution in [0.3, 0.4) is 0 Å². The molecule has 4 rings (SSSR count). The predicted octanol–water partition coefficient (Wildman–Crippen LogP) is 16.5. The molecule has 73 heavy (non-hydrogen) atoms. The third-order valence-corrected chi connectivity index (χ3v) is 18.8. The van der Waals surface area contributed by atoms with E-state index in [9.17, 15) is 24.0 Å². The van der Waals surface area contributed by atoms with Crippen molar-refractivity contribution in [3.8, 4) is 0 Å². The Hall–Kier alpha value is -2.49. The fraction of sp³-hybridized carbons (Fsp3) is 0.921. The Morgan fingerprint density at radius 1 is 0.493 bits per heavy atom. The Kier molecular flexibility index (Phi) is 30.9. The van der Waals surface area contributed by atoms with Gasteiger partial charge in [-0.25, -0.2) is 0 Å². The van der Waals surface area contributed by atoms with Gasteiger partial charge < -0.3 is 23.7 Å². The first kappa shape index (κ1) is 63.0. The molecular formula is C63H110O10. The summed E-state index contributed by atoms with van der Waals surface area (Å²) < 4.78 is 28.7. The first-order valence-corrected chi connectivity index (χ1v) is 31.1. The van der Waals surface area contributed by atoms with Crippen molar-refractivity contribution in [3.05, 3.63) is 0 Å². The van der Waals surface area contributed by atoms with Crippen molar-refractivity contribution in [2.24, 2.45) is 46.3 Å². The van der Waals surface area contributed by atoms with Crippen molar-refractivity contribution in [1.82, 2.24) is 0 Å². The van der Waals surface area contributed by atoms with Gasteiger partial charge in [0.25, 0.3) is 0 Å². The standard InChI is InChI=1S/C63H110O10/c1-7-9-11-13-15-17-19-21-23-25-27-29-31-33-58(65)69-46-53(47-70-59(66)34-32-30-28-26-24-22-20-18-16-14-12-10-8-2)73-61(68)44-49(3)43-60(67)72-48-71-52-39-41-62(5)51(45-52)35-36-54-56-38-37-55(50(4)64)63(56,6)42-40-57(54)62/h49,51-57H,7-48H2,1-6H3/t49?,51-,52-,54-,55+,56-,57-,62-,63+/m0/s1. The topological polar surface area (TPSA) is 132 Å². The highest BCUT2D eigenvalue weighted by Gasteiger charge is 2.61. The summed E-state index contributed by atoms with van der Waals surface area (Å²) in [6.07, 6.45) is 41.7. The van der Waals surface area contributed by atoms with Crippen molar-refractivity contribution in [1.29, 1.82) is 0 Å². The van der Waals surface area contributed by atoms with Crippen LogP contribution in [0.15, 0.2) is 0 Å². The third-order valence-electron chi connectivity index (χ3n) is 18.8. The number of unbranched alkanes of at least 4 members (excludes halogenated alkanes) is 24. The molecule has 0 aromatic carbocycles. The monoisotopic (exact) mass is 1030 g/mol. The fourth-order valence-electron chi connectivity index (χ4n) is 14.4. The Balaban J connectivity index is 1.12. The maximum atomic E-state index is 13.2. The number of hydrogen-bond donors (Lipinski definition) is 0. The SMILES string of the molecule is CCCCCCCCCCCCCCCC(=O)OCC(COC(=O)CCCCCCCCCCCCCCC)OC(=O)CC(C)CC(=O)OCO[C@H]1CC[C@@]2(C)[C@@H](CC[C@@H]3[C@@H]2CC[C@]2(C)[C@@H](C(C)=O)CC[C@@H]32)C1. The van der Waals surface area contributed by atoms with E-state index in [1.807, 2.05) is 13.8 Å².